The van der Waals surface area contributed by atoms with Gasteiger partial charge in [-0.3, -0.25) is 0 Å². The predicted octanol–water partition coefficient (Wildman–Crippen LogP) is 3.17. The summed E-state index contributed by atoms with van der Waals surface area (Å²) in [6, 6.07) is 0.510. The van der Waals surface area contributed by atoms with Crippen LogP contribution in [0.3, 0.4) is 0 Å². The SMILES string of the molecule is [CH2]c1cc(F)c(C(F)(F)F)cc1F. The maximum Gasteiger partial charge on any atom is 0.419 e. The standard InChI is InChI=1S/C8H4F5/c1-4-2-7(10)5(3-6(4)9)8(11,12)13/h2-3H,1H2. The highest BCUT2D eigenvalue weighted by Gasteiger charge is 2.34. The van der Waals surface area contributed by atoms with E-state index in [0.29, 0.717) is 6.07 Å². The number of halogens is 5. The lowest BCUT2D eigenvalue weighted by Crippen LogP contribution is -2.09. The molecule has 0 amide bonds. The quantitative estimate of drug-likeness (QED) is 0.558. The van der Waals surface area contributed by atoms with Gasteiger partial charge in [0.15, 0.2) is 0 Å². The fraction of sp³-hybridized carbons (Fsp3) is 0.125. The Morgan fingerprint density at radius 3 is 2.00 bits per heavy atom. The summed E-state index contributed by atoms with van der Waals surface area (Å²) >= 11 is 0. The van der Waals surface area contributed by atoms with Crippen LogP contribution in [0.15, 0.2) is 12.1 Å². The highest BCUT2D eigenvalue weighted by atomic mass is 19.4. The van der Waals surface area contributed by atoms with Crippen molar-refractivity contribution in [1.29, 1.82) is 0 Å². The molecular formula is C8H4F5. The molecule has 0 spiro atoms. The molecule has 1 aromatic carbocycles. The Morgan fingerprint density at radius 2 is 1.54 bits per heavy atom. The fourth-order valence-electron chi connectivity index (χ4n) is 0.805. The molecule has 0 nitrogen and oxygen atoms in total. The molecule has 0 unspecified atom stereocenters. The molecule has 71 valence electrons. The topological polar surface area (TPSA) is 0 Å². The van der Waals surface area contributed by atoms with Crippen LogP contribution >= 0.6 is 0 Å². The van der Waals surface area contributed by atoms with Crippen molar-refractivity contribution in [3.8, 4) is 0 Å². The Morgan fingerprint density at radius 1 is 1.00 bits per heavy atom. The van der Waals surface area contributed by atoms with Gasteiger partial charge >= 0.3 is 6.18 Å². The van der Waals surface area contributed by atoms with Crippen LogP contribution in [-0.4, -0.2) is 0 Å². The molecule has 1 radical (unpaired) electrons. The molecule has 1 rings (SSSR count). The molecule has 0 aromatic heterocycles. The molecule has 0 aliphatic rings. The summed E-state index contributed by atoms with van der Waals surface area (Å²) in [5.41, 5.74) is -2.01. The second-order valence-electron chi connectivity index (χ2n) is 2.42. The molecule has 0 N–H and O–H groups in total. The van der Waals surface area contributed by atoms with E-state index in [-0.39, 0.29) is 6.07 Å². The van der Waals surface area contributed by atoms with Crippen LogP contribution in [-0.2, 0) is 6.18 Å². The Bertz CT molecular complexity index is 326. The first kappa shape index (κ1) is 9.95. The largest absolute Gasteiger partial charge is 0.419 e. The lowest BCUT2D eigenvalue weighted by molar-refractivity contribution is -0.140. The molecule has 0 saturated heterocycles. The molecule has 0 bridgehead atoms. The van der Waals surface area contributed by atoms with Crippen molar-refractivity contribution in [1.82, 2.24) is 0 Å². The maximum absolute atomic E-state index is 12.6. The molecule has 5 heteroatoms. The van der Waals surface area contributed by atoms with Crippen LogP contribution in [0, 0.1) is 18.6 Å². The lowest BCUT2D eigenvalue weighted by Gasteiger charge is -2.08. The lowest BCUT2D eigenvalue weighted by atomic mass is 10.1. The molecule has 0 atom stereocenters. The molecule has 0 aliphatic carbocycles. The Labute approximate surface area is 71.0 Å². The molecule has 0 saturated carbocycles. The van der Waals surface area contributed by atoms with E-state index in [9.17, 15) is 22.0 Å². The van der Waals surface area contributed by atoms with E-state index in [0.717, 1.165) is 0 Å². The zero-order valence-corrected chi connectivity index (χ0v) is 6.25. The van der Waals surface area contributed by atoms with E-state index in [1.807, 2.05) is 0 Å². The second-order valence-corrected chi connectivity index (χ2v) is 2.42. The van der Waals surface area contributed by atoms with Gasteiger partial charge in [-0.1, -0.05) is 0 Å². The summed E-state index contributed by atoms with van der Waals surface area (Å²) in [4.78, 5) is 0. The van der Waals surface area contributed by atoms with Gasteiger partial charge in [0, 0.05) is 0 Å². The van der Waals surface area contributed by atoms with Crippen molar-refractivity contribution in [2.45, 2.75) is 6.18 Å². The Kier molecular flexibility index (Phi) is 2.28. The van der Waals surface area contributed by atoms with Gasteiger partial charge in [-0.2, -0.15) is 13.2 Å². The van der Waals surface area contributed by atoms with E-state index in [2.05, 4.69) is 6.92 Å². The van der Waals surface area contributed by atoms with Gasteiger partial charge in [0.1, 0.15) is 11.6 Å². The van der Waals surface area contributed by atoms with Crippen LogP contribution in [0.5, 0.6) is 0 Å². The van der Waals surface area contributed by atoms with Crippen molar-refractivity contribution in [3.05, 3.63) is 41.8 Å². The third kappa shape index (κ3) is 1.96. The predicted molar refractivity (Wildman–Crippen MR) is 35.8 cm³/mol. The van der Waals surface area contributed by atoms with Gasteiger partial charge < -0.3 is 0 Å². The highest BCUT2D eigenvalue weighted by Crippen LogP contribution is 2.32. The summed E-state index contributed by atoms with van der Waals surface area (Å²) in [6.45, 7) is 3.02. The molecule has 13 heavy (non-hydrogen) atoms. The molecule has 0 heterocycles. The molecule has 0 fully saturated rings. The third-order valence-electron chi connectivity index (χ3n) is 1.44. The Balaban J connectivity index is 3.32. The minimum Gasteiger partial charge on any atom is -0.207 e. The highest BCUT2D eigenvalue weighted by molar-refractivity contribution is 5.29. The van der Waals surface area contributed by atoms with Gasteiger partial charge in [-0.15, -0.1) is 0 Å². The Hall–Kier alpha value is -1.13. The van der Waals surface area contributed by atoms with E-state index in [4.69, 9.17) is 0 Å². The van der Waals surface area contributed by atoms with Gasteiger partial charge in [0.25, 0.3) is 0 Å². The first-order valence-corrected chi connectivity index (χ1v) is 3.20. The summed E-state index contributed by atoms with van der Waals surface area (Å²) < 4.78 is 61.0. The first-order valence-electron chi connectivity index (χ1n) is 3.20. The fourth-order valence-corrected chi connectivity index (χ4v) is 0.805. The smallest absolute Gasteiger partial charge is 0.207 e. The summed E-state index contributed by atoms with van der Waals surface area (Å²) in [7, 11) is 0. The number of alkyl halides is 3. The monoisotopic (exact) mass is 195 g/mol. The number of rotatable bonds is 0. The van der Waals surface area contributed by atoms with Gasteiger partial charge in [0.05, 0.1) is 5.56 Å². The minimum absolute atomic E-state index is 0.0949. The van der Waals surface area contributed by atoms with E-state index >= 15 is 0 Å². The number of benzene rings is 1. The normalized spacial score (nSPS) is 11.8. The zero-order valence-electron chi connectivity index (χ0n) is 6.25. The van der Waals surface area contributed by atoms with E-state index in [1.165, 1.54) is 0 Å². The van der Waals surface area contributed by atoms with Crippen LogP contribution in [0.4, 0.5) is 22.0 Å². The van der Waals surface area contributed by atoms with Crippen LogP contribution in [0.1, 0.15) is 11.1 Å². The first-order chi connectivity index (χ1) is 5.82. The van der Waals surface area contributed by atoms with Crippen molar-refractivity contribution in [3.63, 3.8) is 0 Å². The van der Waals surface area contributed by atoms with E-state index in [1.54, 1.807) is 0 Å². The summed E-state index contributed by atoms with van der Waals surface area (Å²) in [5, 5.41) is 0. The van der Waals surface area contributed by atoms with Crippen LogP contribution < -0.4 is 0 Å². The van der Waals surface area contributed by atoms with E-state index < -0.39 is 28.9 Å². The summed E-state index contributed by atoms with van der Waals surface area (Å²) in [6.07, 6.45) is -4.88. The number of hydrogen-bond acceptors (Lipinski definition) is 0. The van der Waals surface area contributed by atoms with Gasteiger partial charge in [-0.05, 0) is 24.6 Å². The van der Waals surface area contributed by atoms with Crippen LogP contribution in [0.25, 0.3) is 0 Å². The minimum atomic E-state index is -4.88. The van der Waals surface area contributed by atoms with Gasteiger partial charge in [0.2, 0.25) is 0 Å². The summed E-state index contributed by atoms with van der Waals surface area (Å²) in [5.74, 6) is -2.69. The zero-order chi connectivity index (χ0) is 10.2. The van der Waals surface area contributed by atoms with Crippen molar-refractivity contribution < 1.29 is 22.0 Å². The maximum atomic E-state index is 12.6. The van der Waals surface area contributed by atoms with Crippen molar-refractivity contribution in [2.24, 2.45) is 0 Å². The third-order valence-corrected chi connectivity index (χ3v) is 1.44. The molecule has 1 aromatic rings. The second kappa shape index (κ2) is 2.97. The van der Waals surface area contributed by atoms with Crippen molar-refractivity contribution in [2.75, 3.05) is 0 Å². The molecular weight excluding hydrogens is 191 g/mol. The average Bonchev–Trinajstić information content (AvgIpc) is 1.94. The van der Waals surface area contributed by atoms with Crippen LogP contribution in [0.2, 0.25) is 0 Å². The average molecular weight is 195 g/mol. The molecule has 0 aliphatic heterocycles. The van der Waals surface area contributed by atoms with Crippen molar-refractivity contribution >= 4 is 0 Å². The number of hydrogen-bond donors (Lipinski definition) is 0. The van der Waals surface area contributed by atoms with Gasteiger partial charge in [-0.25, -0.2) is 8.78 Å².